The van der Waals surface area contributed by atoms with Crippen LogP contribution in [0, 0.1) is 6.92 Å². The quantitative estimate of drug-likeness (QED) is 0.623. The molecule has 2 aromatic carbocycles. The number of hydrogen-bond donors (Lipinski definition) is 0. The molecule has 0 N–H and O–H groups in total. The van der Waals surface area contributed by atoms with Crippen LogP contribution in [0.4, 0.5) is 0 Å². The number of aryl methyl sites for hydroxylation is 1. The van der Waals surface area contributed by atoms with Gasteiger partial charge >= 0.3 is 0 Å². The van der Waals surface area contributed by atoms with Crippen molar-refractivity contribution in [3.05, 3.63) is 69.1 Å². The summed E-state index contributed by atoms with van der Waals surface area (Å²) in [6.45, 7) is 2.08. The maximum atomic E-state index is 3.32. The monoisotopic (exact) mass is 326 g/mol. The highest BCUT2D eigenvalue weighted by Crippen LogP contribution is 2.14. The standard InChI is InChI=1S/C7H8.C6H4Br2/c1-7-5-3-2-4-6-7;7-5-1-2-6(8)4-3-5/h2-6H,1H3;1-4H. The molecule has 2 heteroatoms. The molecule has 0 fully saturated rings. The molecule has 2 rings (SSSR count). The average Bonchev–Trinajstić information content (AvgIpc) is 2.25. The van der Waals surface area contributed by atoms with Crippen LogP contribution in [-0.2, 0) is 0 Å². The second-order valence-electron chi connectivity index (χ2n) is 3.09. The Bertz CT molecular complexity index is 358. The van der Waals surface area contributed by atoms with Gasteiger partial charge < -0.3 is 0 Å². The highest BCUT2D eigenvalue weighted by Gasteiger charge is 1.83. The lowest BCUT2D eigenvalue weighted by atomic mass is 10.2. The van der Waals surface area contributed by atoms with Crippen molar-refractivity contribution in [1.82, 2.24) is 0 Å². The molecule has 0 aliphatic carbocycles. The van der Waals surface area contributed by atoms with Crippen LogP contribution in [0.5, 0.6) is 0 Å². The Morgan fingerprint density at radius 3 is 1.33 bits per heavy atom. The first-order chi connectivity index (χ1) is 7.18. The molecule has 0 aromatic heterocycles. The van der Waals surface area contributed by atoms with Gasteiger partial charge in [0.15, 0.2) is 0 Å². The van der Waals surface area contributed by atoms with Crippen LogP contribution in [-0.4, -0.2) is 0 Å². The Balaban J connectivity index is 0.000000151. The minimum absolute atomic E-state index is 1.11. The first-order valence-electron chi connectivity index (χ1n) is 4.61. The van der Waals surface area contributed by atoms with Gasteiger partial charge in [-0.2, -0.15) is 0 Å². The van der Waals surface area contributed by atoms with Crippen LogP contribution < -0.4 is 0 Å². The molecule has 0 aliphatic heterocycles. The third-order valence-electron chi connectivity index (χ3n) is 1.74. The van der Waals surface area contributed by atoms with Gasteiger partial charge in [-0.25, -0.2) is 0 Å². The minimum atomic E-state index is 1.11. The van der Waals surface area contributed by atoms with Crippen molar-refractivity contribution in [3.63, 3.8) is 0 Å². The van der Waals surface area contributed by atoms with E-state index in [1.807, 2.05) is 42.5 Å². The zero-order chi connectivity index (χ0) is 11.1. The number of rotatable bonds is 0. The zero-order valence-electron chi connectivity index (χ0n) is 8.45. The van der Waals surface area contributed by atoms with E-state index >= 15 is 0 Å². The van der Waals surface area contributed by atoms with E-state index < -0.39 is 0 Å². The molecule has 0 aliphatic rings. The summed E-state index contributed by atoms with van der Waals surface area (Å²) in [6, 6.07) is 18.2. The van der Waals surface area contributed by atoms with Crippen LogP contribution in [0.25, 0.3) is 0 Å². The summed E-state index contributed by atoms with van der Waals surface area (Å²) < 4.78 is 2.22. The lowest BCUT2D eigenvalue weighted by molar-refractivity contribution is 1.48. The molecule has 0 bridgehead atoms. The van der Waals surface area contributed by atoms with Crippen molar-refractivity contribution in [2.24, 2.45) is 0 Å². The summed E-state index contributed by atoms with van der Waals surface area (Å²) in [6.07, 6.45) is 0. The summed E-state index contributed by atoms with van der Waals surface area (Å²) in [5, 5.41) is 0. The molecule has 0 heterocycles. The van der Waals surface area contributed by atoms with Crippen LogP contribution in [0.3, 0.4) is 0 Å². The Labute approximate surface area is 108 Å². The molecule has 0 nitrogen and oxygen atoms in total. The molecule has 0 amide bonds. The smallest absolute Gasteiger partial charge is 0.0176 e. The van der Waals surface area contributed by atoms with Crippen LogP contribution in [0.2, 0.25) is 0 Å². The fraction of sp³-hybridized carbons (Fsp3) is 0.0769. The first kappa shape index (κ1) is 12.5. The number of benzene rings is 2. The van der Waals surface area contributed by atoms with Crippen molar-refractivity contribution in [2.75, 3.05) is 0 Å². The van der Waals surface area contributed by atoms with Gasteiger partial charge in [0.1, 0.15) is 0 Å². The lowest BCUT2D eigenvalue weighted by Crippen LogP contribution is -1.62. The topological polar surface area (TPSA) is 0 Å². The average molecular weight is 328 g/mol. The van der Waals surface area contributed by atoms with Gasteiger partial charge in [-0.15, -0.1) is 0 Å². The molecule has 0 atom stereocenters. The summed E-state index contributed by atoms with van der Waals surface area (Å²) >= 11 is 6.65. The Morgan fingerprint density at radius 1 is 0.667 bits per heavy atom. The number of halogens is 2. The fourth-order valence-electron chi connectivity index (χ4n) is 0.964. The van der Waals surface area contributed by atoms with Crippen molar-refractivity contribution in [1.29, 1.82) is 0 Å². The molecule has 2 aromatic rings. The molecule has 0 unspecified atom stereocenters. The summed E-state index contributed by atoms with van der Waals surface area (Å²) in [7, 11) is 0. The van der Waals surface area contributed by atoms with Gasteiger partial charge in [-0.05, 0) is 31.2 Å². The first-order valence-corrected chi connectivity index (χ1v) is 6.20. The predicted molar refractivity (Wildman–Crippen MR) is 73.0 cm³/mol. The Morgan fingerprint density at radius 2 is 1.07 bits per heavy atom. The largest absolute Gasteiger partial charge is 0.0622 e. The van der Waals surface area contributed by atoms with E-state index in [0.717, 1.165) is 8.95 Å². The Kier molecular flexibility index (Phi) is 5.66. The van der Waals surface area contributed by atoms with Gasteiger partial charge in [-0.1, -0.05) is 67.8 Å². The number of hydrogen-bond acceptors (Lipinski definition) is 0. The molecular weight excluding hydrogens is 316 g/mol. The zero-order valence-corrected chi connectivity index (χ0v) is 11.6. The van der Waals surface area contributed by atoms with Crippen molar-refractivity contribution >= 4 is 31.9 Å². The van der Waals surface area contributed by atoms with E-state index in [1.165, 1.54) is 5.56 Å². The predicted octanol–water partition coefficient (Wildman–Crippen LogP) is 5.21. The Hall–Kier alpha value is -0.600. The maximum absolute atomic E-state index is 3.32. The highest BCUT2D eigenvalue weighted by molar-refractivity contribution is 9.11. The molecule has 15 heavy (non-hydrogen) atoms. The fourth-order valence-corrected chi connectivity index (χ4v) is 1.49. The van der Waals surface area contributed by atoms with Crippen molar-refractivity contribution in [3.8, 4) is 0 Å². The van der Waals surface area contributed by atoms with Gasteiger partial charge in [-0.3, -0.25) is 0 Å². The second kappa shape index (κ2) is 6.81. The summed E-state index contributed by atoms with van der Waals surface area (Å²) in [5.41, 5.74) is 1.32. The van der Waals surface area contributed by atoms with Gasteiger partial charge in [0, 0.05) is 8.95 Å². The minimum Gasteiger partial charge on any atom is -0.0622 e. The van der Waals surface area contributed by atoms with Gasteiger partial charge in [0.2, 0.25) is 0 Å². The molecule has 0 saturated heterocycles. The SMILES string of the molecule is Brc1ccc(Br)cc1.Cc1ccccc1. The van der Waals surface area contributed by atoms with Crippen LogP contribution in [0.15, 0.2) is 63.5 Å². The molecule has 0 spiro atoms. The van der Waals surface area contributed by atoms with Gasteiger partial charge in [0.05, 0.1) is 0 Å². The third kappa shape index (κ3) is 5.75. The van der Waals surface area contributed by atoms with Crippen molar-refractivity contribution in [2.45, 2.75) is 6.92 Å². The highest BCUT2D eigenvalue weighted by atomic mass is 79.9. The van der Waals surface area contributed by atoms with E-state index in [9.17, 15) is 0 Å². The van der Waals surface area contributed by atoms with E-state index in [0.29, 0.717) is 0 Å². The van der Waals surface area contributed by atoms with E-state index in [4.69, 9.17) is 0 Å². The molecule has 78 valence electrons. The normalized spacial score (nSPS) is 9.00. The van der Waals surface area contributed by atoms with Crippen LogP contribution >= 0.6 is 31.9 Å². The van der Waals surface area contributed by atoms with Crippen LogP contribution in [0.1, 0.15) is 5.56 Å². The third-order valence-corrected chi connectivity index (χ3v) is 2.80. The molecule has 0 radical (unpaired) electrons. The lowest BCUT2D eigenvalue weighted by Gasteiger charge is -1.86. The maximum Gasteiger partial charge on any atom is 0.0176 e. The van der Waals surface area contributed by atoms with E-state index in [2.05, 4.69) is 50.9 Å². The van der Waals surface area contributed by atoms with E-state index in [1.54, 1.807) is 0 Å². The molecular formula is C13H12Br2. The summed E-state index contributed by atoms with van der Waals surface area (Å²) in [5.74, 6) is 0. The van der Waals surface area contributed by atoms with Gasteiger partial charge in [0.25, 0.3) is 0 Å². The van der Waals surface area contributed by atoms with Crippen molar-refractivity contribution < 1.29 is 0 Å². The van der Waals surface area contributed by atoms with E-state index in [-0.39, 0.29) is 0 Å². The summed E-state index contributed by atoms with van der Waals surface area (Å²) in [4.78, 5) is 0. The molecule has 0 saturated carbocycles. The second-order valence-corrected chi connectivity index (χ2v) is 4.92.